The summed E-state index contributed by atoms with van der Waals surface area (Å²) in [5, 5.41) is 0. The summed E-state index contributed by atoms with van der Waals surface area (Å²) < 4.78 is 10.9. The molecule has 3 heteroatoms. The third-order valence-electron chi connectivity index (χ3n) is 3.47. The number of carbonyl (C=O) groups is 1. The molecule has 0 aromatic heterocycles. The lowest BCUT2D eigenvalue weighted by Gasteiger charge is -2.38. The van der Waals surface area contributed by atoms with Crippen LogP contribution in [0.25, 0.3) is 0 Å². The number of hydrogen-bond acceptors (Lipinski definition) is 3. The molecule has 1 atom stereocenters. The Morgan fingerprint density at radius 3 is 2.67 bits per heavy atom. The van der Waals surface area contributed by atoms with Crippen LogP contribution in [-0.4, -0.2) is 25.3 Å². The molecule has 2 fully saturated rings. The molecule has 0 bridgehead atoms. The van der Waals surface area contributed by atoms with Gasteiger partial charge in [-0.25, -0.2) is 0 Å². The highest BCUT2D eigenvalue weighted by molar-refractivity contribution is 5.92. The number of rotatable bonds is 4. The zero-order valence-electron chi connectivity index (χ0n) is 9.04. The Hall–Kier alpha value is -0.670. The van der Waals surface area contributed by atoms with Gasteiger partial charge in [0.25, 0.3) is 0 Å². The molecule has 2 aliphatic rings. The van der Waals surface area contributed by atoms with Gasteiger partial charge in [0, 0.05) is 11.8 Å². The first-order chi connectivity index (χ1) is 7.27. The maximum Gasteiger partial charge on any atom is 0.157 e. The van der Waals surface area contributed by atoms with Gasteiger partial charge in [-0.3, -0.25) is 4.79 Å². The highest BCUT2D eigenvalue weighted by Crippen LogP contribution is 2.43. The number of allylic oxidation sites excluding steroid dienone is 1. The molecule has 15 heavy (non-hydrogen) atoms. The van der Waals surface area contributed by atoms with Gasteiger partial charge in [0.2, 0.25) is 0 Å². The van der Waals surface area contributed by atoms with E-state index in [2.05, 4.69) is 6.58 Å². The second-order valence-electron chi connectivity index (χ2n) is 4.35. The fourth-order valence-electron chi connectivity index (χ4n) is 2.21. The van der Waals surface area contributed by atoms with Crippen LogP contribution in [0.5, 0.6) is 0 Å². The zero-order chi connectivity index (χ0) is 10.7. The average molecular weight is 210 g/mol. The monoisotopic (exact) mass is 210 g/mol. The Morgan fingerprint density at radius 1 is 1.47 bits per heavy atom. The summed E-state index contributed by atoms with van der Waals surface area (Å²) in [5.74, 6) is 0.327. The summed E-state index contributed by atoms with van der Waals surface area (Å²) in [7, 11) is 0. The minimum absolute atomic E-state index is 0.107. The van der Waals surface area contributed by atoms with Crippen LogP contribution in [-0.2, 0) is 14.3 Å². The second-order valence-corrected chi connectivity index (χ2v) is 4.35. The molecular formula is C12H18O3. The molecule has 84 valence electrons. The molecule has 0 amide bonds. The summed E-state index contributed by atoms with van der Waals surface area (Å²) >= 11 is 0. The first kappa shape index (κ1) is 10.8. The van der Waals surface area contributed by atoms with E-state index >= 15 is 0 Å². The van der Waals surface area contributed by atoms with Crippen molar-refractivity contribution in [3.05, 3.63) is 12.7 Å². The smallest absolute Gasteiger partial charge is 0.157 e. The number of ether oxygens (including phenoxy) is 2. The predicted octanol–water partition coefficient (Wildman–Crippen LogP) is 2.06. The summed E-state index contributed by atoms with van der Waals surface area (Å²) in [6, 6.07) is 0. The van der Waals surface area contributed by atoms with Gasteiger partial charge in [-0.1, -0.05) is 6.08 Å². The quantitative estimate of drug-likeness (QED) is 0.666. The number of carbonyl (C=O) groups excluding carboxylic acids is 1. The van der Waals surface area contributed by atoms with Gasteiger partial charge in [0.1, 0.15) is 5.78 Å². The van der Waals surface area contributed by atoms with Crippen molar-refractivity contribution < 1.29 is 14.3 Å². The minimum Gasteiger partial charge on any atom is -0.353 e. The summed E-state index contributed by atoms with van der Waals surface area (Å²) in [6.45, 7) is 5.32. The van der Waals surface area contributed by atoms with Crippen molar-refractivity contribution >= 4 is 5.78 Å². The zero-order valence-corrected chi connectivity index (χ0v) is 9.04. The standard InChI is InChI=1S/C12H18O3/c1-2-12(6-4-10(12)13)7-5-11-14-8-3-9-15-11/h2,11H,1,3-9H2/t12-/m0/s1. The van der Waals surface area contributed by atoms with E-state index in [1.807, 2.05) is 6.08 Å². The Labute approximate surface area is 90.4 Å². The molecule has 0 aromatic carbocycles. The van der Waals surface area contributed by atoms with E-state index in [-0.39, 0.29) is 11.7 Å². The van der Waals surface area contributed by atoms with Crippen molar-refractivity contribution in [2.45, 2.75) is 38.4 Å². The molecule has 0 aromatic rings. The highest BCUT2D eigenvalue weighted by atomic mass is 16.7. The fourth-order valence-corrected chi connectivity index (χ4v) is 2.21. The van der Waals surface area contributed by atoms with E-state index < -0.39 is 0 Å². The lowest BCUT2D eigenvalue weighted by atomic mass is 9.65. The first-order valence-electron chi connectivity index (χ1n) is 5.67. The van der Waals surface area contributed by atoms with Gasteiger partial charge < -0.3 is 9.47 Å². The summed E-state index contributed by atoms with van der Waals surface area (Å²) in [4.78, 5) is 11.5. The Kier molecular flexibility index (Phi) is 3.22. The Morgan fingerprint density at radius 2 is 2.20 bits per heavy atom. The van der Waals surface area contributed by atoms with E-state index in [4.69, 9.17) is 9.47 Å². The number of Topliss-reactive ketones (excluding diaryl/α,β-unsaturated/α-hetero) is 1. The SMILES string of the molecule is C=C[C@@]1(CCC2OCCCO2)CCC1=O. The van der Waals surface area contributed by atoms with Gasteiger partial charge in [0.05, 0.1) is 13.2 Å². The van der Waals surface area contributed by atoms with E-state index in [0.29, 0.717) is 12.2 Å². The topological polar surface area (TPSA) is 35.5 Å². The fraction of sp³-hybridized carbons (Fsp3) is 0.750. The van der Waals surface area contributed by atoms with E-state index in [1.165, 1.54) is 0 Å². The lowest BCUT2D eigenvalue weighted by Crippen LogP contribution is -2.40. The molecule has 1 saturated heterocycles. The molecule has 1 aliphatic heterocycles. The number of hydrogen-bond donors (Lipinski definition) is 0. The predicted molar refractivity (Wildman–Crippen MR) is 56.4 cm³/mol. The molecular weight excluding hydrogens is 192 g/mol. The maximum atomic E-state index is 11.5. The molecule has 1 aliphatic carbocycles. The molecule has 0 radical (unpaired) electrons. The van der Waals surface area contributed by atoms with Crippen LogP contribution >= 0.6 is 0 Å². The molecule has 0 unspecified atom stereocenters. The van der Waals surface area contributed by atoms with Crippen LogP contribution in [0.1, 0.15) is 32.1 Å². The molecule has 1 heterocycles. The second kappa shape index (κ2) is 4.45. The van der Waals surface area contributed by atoms with Gasteiger partial charge in [-0.2, -0.15) is 0 Å². The van der Waals surface area contributed by atoms with Gasteiger partial charge in [-0.05, 0) is 25.7 Å². The molecule has 1 saturated carbocycles. The van der Waals surface area contributed by atoms with Crippen LogP contribution in [0.2, 0.25) is 0 Å². The van der Waals surface area contributed by atoms with Crippen molar-refractivity contribution in [3.63, 3.8) is 0 Å². The molecule has 2 rings (SSSR count). The van der Waals surface area contributed by atoms with Crippen molar-refractivity contribution in [3.8, 4) is 0 Å². The normalized spacial score (nSPS) is 32.4. The van der Waals surface area contributed by atoms with Crippen LogP contribution < -0.4 is 0 Å². The minimum atomic E-state index is -0.260. The Balaban J connectivity index is 1.80. The van der Waals surface area contributed by atoms with Crippen molar-refractivity contribution in [1.82, 2.24) is 0 Å². The van der Waals surface area contributed by atoms with Crippen LogP contribution in [0.3, 0.4) is 0 Å². The van der Waals surface area contributed by atoms with E-state index in [1.54, 1.807) is 0 Å². The summed E-state index contributed by atoms with van der Waals surface area (Å²) in [5.41, 5.74) is -0.260. The largest absolute Gasteiger partial charge is 0.353 e. The maximum absolute atomic E-state index is 11.5. The van der Waals surface area contributed by atoms with Crippen LogP contribution in [0.15, 0.2) is 12.7 Å². The van der Waals surface area contributed by atoms with Crippen LogP contribution in [0.4, 0.5) is 0 Å². The molecule has 0 spiro atoms. The van der Waals surface area contributed by atoms with E-state index in [0.717, 1.165) is 38.9 Å². The summed E-state index contributed by atoms with van der Waals surface area (Å²) in [6.07, 6.45) is 5.95. The van der Waals surface area contributed by atoms with Crippen molar-refractivity contribution in [2.75, 3.05) is 13.2 Å². The van der Waals surface area contributed by atoms with Crippen molar-refractivity contribution in [1.29, 1.82) is 0 Å². The Bertz CT molecular complexity index is 256. The van der Waals surface area contributed by atoms with Crippen LogP contribution in [0, 0.1) is 5.41 Å². The van der Waals surface area contributed by atoms with Gasteiger partial charge >= 0.3 is 0 Å². The number of ketones is 1. The van der Waals surface area contributed by atoms with E-state index in [9.17, 15) is 4.79 Å². The molecule has 3 nitrogen and oxygen atoms in total. The highest BCUT2D eigenvalue weighted by Gasteiger charge is 2.43. The molecule has 0 N–H and O–H groups in total. The van der Waals surface area contributed by atoms with Gasteiger partial charge in [-0.15, -0.1) is 6.58 Å². The average Bonchev–Trinajstić information content (AvgIpc) is 2.30. The lowest BCUT2D eigenvalue weighted by molar-refractivity contribution is -0.184. The first-order valence-corrected chi connectivity index (χ1v) is 5.67. The third kappa shape index (κ3) is 2.13. The third-order valence-corrected chi connectivity index (χ3v) is 3.47. The van der Waals surface area contributed by atoms with Crippen molar-refractivity contribution in [2.24, 2.45) is 5.41 Å². The van der Waals surface area contributed by atoms with Gasteiger partial charge in [0.15, 0.2) is 6.29 Å².